The van der Waals surface area contributed by atoms with E-state index in [4.69, 9.17) is 9.72 Å². The molecule has 2 heterocycles. The second-order valence-electron chi connectivity index (χ2n) is 6.38. The summed E-state index contributed by atoms with van der Waals surface area (Å²) in [6.45, 7) is 5.29. The number of carbonyl (C=O) groups is 1. The number of fused-ring (bicyclic) bond motifs is 3. The molecule has 142 valence electrons. The number of aromatic nitrogens is 2. The number of rotatable bonds is 7. The topological polar surface area (TPSA) is 73.2 Å². The molecule has 0 aliphatic heterocycles. The van der Waals surface area contributed by atoms with Crippen molar-refractivity contribution in [3.63, 3.8) is 0 Å². The molecule has 0 unspecified atom stereocenters. The maximum atomic E-state index is 13.1. The Morgan fingerprint density at radius 3 is 2.92 bits per heavy atom. The van der Waals surface area contributed by atoms with Crippen molar-refractivity contribution in [2.75, 3.05) is 20.3 Å². The standard InChI is InChI=1S/C18H25N3O3S2/c1-4-21-17(23)14-12-7-5-6-8-13(12)26-16(14)20-18(21)25-11(2)15(22)19-9-10-24-3/h11H,4-10H2,1-3H3,(H,19,22)/t11-/m1/s1. The predicted molar refractivity (Wildman–Crippen MR) is 106 cm³/mol. The molecule has 0 radical (unpaired) electrons. The van der Waals surface area contributed by atoms with E-state index >= 15 is 0 Å². The number of nitrogens with one attached hydrogen (secondary N) is 1. The SMILES string of the molecule is CCn1c(S[C@H](C)C(=O)NCCOC)nc2sc3c(c2c1=O)CCCC3. The fraction of sp³-hybridized carbons (Fsp3) is 0.611. The normalized spacial score (nSPS) is 15.0. The van der Waals surface area contributed by atoms with Gasteiger partial charge in [-0.25, -0.2) is 4.98 Å². The quantitative estimate of drug-likeness (QED) is 0.443. The summed E-state index contributed by atoms with van der Waals surface area (Å²) < 4.78 is 6.65. The van der Waals surface area contributed by atoms with E-state index in [-0.39, 0.29) is 16.7 Å². The number of carbonyl (C=O) groups excluding carboxylic acids is 1. The van der Waals surface area contributed by atoms with Crippen LogP contribution in [0, 0.1) is 0 Å². The zero-order chi connectivity index (χ0) is 18.7. The lowest BCUT2D eigenvalue weighted by Crippen LogP contribution is -2.34. The predicted octanol–water partition coefficient (Wildman–Crippen LogP) is 2.60. The number of hydrogen-bond donors (Lipinski definition) is 1. The lowest BCUT2D eigenvalue weighted by molar-refractivity contribution is -0.120. The molecule has 3 rings (SSSR count). The second kappa shape index (κ2) is 8.54. The molecule has 0 saturated carbocycles. The Morgan fingerprint density at radius 2 is 2.19 bits per heavy atom. The van der Waals surface area contributed by atoms with Crippen molar-refractivity contribution < 1.29 is 9.53 Å². The fourth-order valence-corrected chi connectivity index (χ4v) is 5.52. The number of aryl methyl sites for hydroxylation is 2. The van der Waals surface area contributed by atoms with Gasteiger partial charge in [0.1, 0.15) is 4.83 Å². The van der Waals surface area contributed by atoms with E-state index in [1.54, 1.807) is 23.0 Å². The third-order valence-electron chi connectivity index (χ3n) is 4.61. The van der Waals surface area contributed by atoms with Gasteiger partial charge in [-0.3, -0.25) is 14.2 Å². The van der Waals surface area contributed by atoms with Gasteiger partial charge < -0.3 is 10.1 Å². The summed E-state index contributed by atoms with van der Waals surface area (Å²) in [5.41, 5.74) is 1.24. The summed E-state index contributed by atoms with van der Waals surface area (Å²) in [5, 5.41) is 3.93. The molecule has 0 bridgehead atoms. The van der Waals surface area contributed by atoms with E-state index in [0.717, 1.165) is 29.5 Å². The van der Waals surface area contributed by atoms with Gasteiger partial charge in [0.25, 0.3) is 5.56 Å². The molecule has 0 aromatic carbocycles. The van der Waals surface area contributed by atoms with Gasteiger partial charge in [-0.2, -0.15) is 0 Å². The van der Waals surface area contributed by atoms with Gasteiger partial charge in [0.2, 0.25) is 5.91 Å². The largest absolute Gasteiger partial charge is 0.383 e. The van der Waals surface area contributed by atoms with Gasteiger partial charge in [0.05, 0.1) is 17.2 Å². The average molecular weight is 396 g/mol. The van der Waals surface area contributed by atoms with Crippen molar-refractivity contribution in [2.24, 2.45) is 0 Å². The Kier molecular flexibility index (Phi) is 6.37. The summed E-state index contributed by atoms with van der Waals surface area (Å²) in [6, 6.07) is 0. The highest BCUT2D eigenvalue weighted by Gasteiger charge is 2.23. The molecule has 26 heavy (non-hydrogen) atoms. The van der Waals surface area contributed by atoms with Crippen molar-refractivity contribution in [2.45, 2.75) is 56.5 Å². The Bertz CT molecular complexity index is 859. The van der Waals surface area contributed by atoms with Crippen LogP contribution in [-0.4, -0.2) is 41.0 Å². The van der Waals surface area contributed by atoms with Crippen LogP contribution in [0.4, 0.5) is 0 Å². The molecule has 6 nitrogen and oxygen atoms in total. The summed E-state index contributed by atoms with van der Waals surface area (Å²) >= 11 is 2.99. The van der Waals surface area contributed by atoms with Crippen molar-refractivity contribution in [1.82, 2.24) is 14.9 Å². The number of nitrogens with zero attached hydrogens (tertiary/aromatic N) is 2. The maximum absolute atomic E-state index is 13.1. The molecule has 1 atom stereocenters. The second-order valence-corrected chi connectivity index (χ2v) is 8.77. The molecule has 1 N–H and O–H groups in total. The number of thiophene rings is 1. The van der Waals surface area contributed by atoms with E-state index in [2.05, 4.69) is 5.32 Å². The van der Waals surface area contributed by atoms with Gasteiger partial charge in [0.15, 0.2) is 5.16 Å². The molecule has 1 aliphatic carbocycles. The zero-order valence-electron chi connectivity index (χ0n) is 15.5. The van der Waals surface area contributed by atoms with Gasteiger partial charge in [0, 0.05) is 25.1 Å². The summed E-state index contributed by atoms with van der Waals surface area (Å²) in [4.78, 5) is 32.2. The van der Waals surface area contributed by atoms with Crippen LogP contribution in [0.3, 0.4) is 0 Å². The van der Waals surface area contributed by atoms with Crippen molar-refractivity contribution >= 4 is 39.2 Å². The number of hydrogen-bond acceptors (Lipinski definition) is 6. The van der Waals surface area contributed by atoms with E-state index < -0.39 is 0 Å². The van der Waals surface area contributed by atoms with Gasteiger partial charge in [-0.1, -0.05) is 11.8 Å². The lowest BCUT2D eigenvalue weighted by atomic mass is 9.97. The third-order valence-corrected chi connectivity index (χ3v) is 6.89. The van der Waals surface area contributed by atoms with Crippen LogP contribution >= 0.6 is 23.1 Å². The first-order chi connectivity index (χ1) is 12.6. The van der Waals surface area contributed by atoms with Crippen LogP contribution < -0.4 is 10.9 Å². The molecule has 1 amide bonds. The number of ether oxygens (including phenoxy) is 1. The number of amides is 1. The zero-order valence-corrected chi connectivity index (χ0v) is 17.1. The summed E-state index contributed by atoms with van der Waals surface area (Å²) in [7, 11) is 1.60. The minimum atomic E-state index is -0.330. The monoisotopic (exact) mass is 395 g/mol. The molecule has 8 heteroatoms. The molecule has 0 fully saturated rings. The van der Waals surface area contributed by atoms with Crippen molar-refractivity contribution in [3.05, 3.63) is 20.8 Å². The van der Waals surface area contributed by atoms with Crippen LogP contribution in [0.15, 0.2) is 9.95 Å². The van der Waals surface area contributed by atoms with Crippen LogP contribution in [0.5, 0.6) is 0 Å². The van der Waals surface area contributed by atoms with Crippen LogP contribution in [0.1, 0.15) is 37.1 Å². The van der Waals surface area contributed by atoms with Gasteiger partial charge in [-0.05, 0) is 45.1 Å². The fourth-order valence-electron chi connectivity index (χ4n) is 3.22. The third kappa shape index (κ3) is 3.82. The van der Waals surface area contributed by atoms with Crippen molar-refractivity contribution in [1.29, 1.82) is 0 Å². The Morgan fingerprint density at radius 1 is 1.42 bits per heavy atom. The van der Waals surface area contributed by atoms with E-state index in [9.17, 15) is 9.59 Å². The van der Waals surface area contributed by atoms with E-state index in [1.807, 2.05) is 13.8 Å². The minimum absolute atomic E-state index is 0.0337. The summed E-state index contributed by atoms with van der Waals surface area (Å²) in [5.74, 6) is -0.0745. The van der Waals surface area contributed by atoms with Crippen LogP contribution in [0.25, 0.3) is 10.2 Å². The Hall–Kier alpha value is -1.38. The molecule has 1 aliphatic rings. The Balaban J connectivity index is 1.91. The molecular formula is C18H25N3O3S2. The average Bonchev–Trinajstić information content (AvgIpc) is 3.00. The van der Waals surface area contributed by atoms with Crippen LogP contribution in [-0.2, 0) is 28.9 Å². The molecular weight excluding hydrogens is 370 g/mol. The van der Waals surface area contributed by atoms with Gasteiger partial charge >= 0.3 is 0 Å². The first kappa shape index (κ1) is 19.4. The van der Waals surface area contributed by atoms with Crippen LogP contribution in [0.2, 0.25) is 0 Å². The molecule has 0 spiro atoms. The Labute approximate surface area is 161 Å². The highest BCUT2D eigenvalue weighted by atomic mass is 32.2. The van der Waals surface area contributed by atoms with Crippen molar-refractivity contribution in [3.8, 4) is 0 Å². The lowest BCUT2D eigenvalue weighted by Gasteiger charge is -2.15. The summed E-state index contributed by atoms with van der Waals surface area (Å²) in [6.07, 6.45) is 4.34. The number of methoxy groups -OCH3 is 1. The van der Waals surface area contributed by atoms with E-state index in [1.165, 1.54) is 28.6 Å². The molecule has 2 aromatic rings. The van der Waals surface area contributed by atoms with E-state index in [0.29, 0.717) is 24.9 Å². The maximum Gasteiger partial charge on any atom is 0.263 e. The highest BCUT2D eigenvalue weighted by molar-refractivity contribution is 8.00. The minimum Gasteiger partial charge on any atom is -0.383 e. The first-order valence-electron chi connectivity index (χ1n) is 9.05. The first-order valence-corrected chi connectivity index (χ1v) is 10.7. The molecule has 2 aromatic heterocycles. The smallest absolute Gasteiger partial charge is 0.263 e. The molecule has 0 saturated heterocycles. The number of thioether (sulfide) groups is 1. The van der Waals surface area contributed by atoms with Gasteiger partial charge in [-0.15, -0.1) is 11.3 Å². The highest BCUT2D eigenvalue weighted by Crippen LogP contribution is 2.35.